The second-order valence-corrected chi connectivity index (χ2v) is 5.61. The summed E-state index contributed by atoms with van der Waals surface area (Å²) in [4.78, 5) is 24.6. The molecule has 0 aromatic heterocycles. The Morgan fingerprint density at radius 1 is 1.29 bits per heavy atom. The van der Waals surface area contributed by atoms with E-state index >= 15 is 0 Å². The molecule has 5 heteroatoms. The van der Waals surface area contributed by atoms with Crippen LogP contribution < -0.4 is 5.32 Å². The SMILES string of the molecule is CN(C(=O)c1ccc(NC=O)cc1)C1CCC(CO)CC1. The van der Waals surface area contributed by atoms with E-state index in [4.69, 9.17) is 5.11 Å². The third-order valence-electron chi connectivity index (χ3n) is 4.30. The van der Waals surface area contributed by atoms with E-state index in [1.807, 2.05) is 7.05 Å². The van der Waals surface area contributed by atoms with E-state index in [9.17, 15) is 9.59 Å². The van der Waals surface area contributed by atoms with E-state index in [1.54, 1.807) is 29.2 Å². The van der Waals surface area contributed by atoms with Crippen LogP contribution in [0.1, 0.15) is 36.0 Å². The minimum absolute atomic E-state index is 0.0000940. The fourth-order valence-corrected chi connectivity index (χ4v) is 2.86. The van der Waals surface area contributed by atoms with Gasteiger partial charge >= 0.3 is 0 Å². The number of aliphatic hydroxyl groups excluding tert-OH is 1. The monoisotopic (exact) mass is 290 g/mol. The number of rotatable bonds is 5. The molecule has 2 N–H and O–H groups in total. The second kappa shape index (κ2) is 7.22. The molecule has 1 aliphatic carbocycles. The number of nitrogens with one attached hydrogen (secondary N) is 1. The van der Waals surface area contributed by atoms with Gasteiger partial charge in [-0.25, -0.2) is 0 Å². The van der Waals surface area contributed by atoms with Crippen LogP contribution in [-0.2, 0) is 4.79 Å². The first-order valence-electron chi connectivity index (χ1n) is 7.34. The molecule has 114 valence electrons. The first-order valence-corrected chi connectivity index (χ1v) is 7.34. The summed E-state index contributed by atoms with van der Waals surface area (Å²) in [5.74, 6) is 0.388. The zero-order valence-electron chi connectivity index (χ0n) is 12.3. The first kappa shape index (κ1) is 15.5. The average Bonchev–Trinajstić information content (AvgIpc) is 2.54. The Kier molecular flexibility index (Phi) is 5.33. The Bertz CT molecular complexity index is 479. The summed E-state index contributed by atoms with van der Waals surface area (Å²) in [5, 5.41) is 11.7. The van der Waals surface area contributed by atoms with Gasteiger partial charge in [-0.3, -0.25) is 9.59 Å². The molecule has 2 amide bonds. The quantitative estimate of drug-likeness (QED) is 0.813. The maximum atomic E-state index is 12.5. The van der Waals surface area contributed by atoms with Gasteiger partial charge in [0.1, 0.15) is 0 Å². The number of hydrogen-bond donors (Lipinski definition) is 2. The Hall–Kier alpha value is -1.88. The van der Waals surface area contributed by atoms with Gasteiger partial charge in [0.15, 0.2) is 0 Å². The fourth-order valence-electron chi connectivity index (χ4n) is 2.86. The lowest BCUT2D eigenvalue weighted by Crippen LogP contribution is -2.39. The van der Waals surface area contributed by atoms with E-state index in [-0.39, 0.29) is 18.6 Å². The maximum Gasteiger partial charge on any atom is 0.253 e. The molecule has 5 nitrogen and oxygen atoms in total. The van der Waals surface area contributed by atoms with Crippen LogP contribution in [0.4, 0.5) is 5.69 Å². The molecule has 0 unspecified atom stereocenters. The van der Waals surface area contributed by atoms with Crippen LogP contribution >= 0.6 is 0 Å². The number of nitrogens with zero attached hydrogens (tertiary/aromatic N) is 1. The van der Waals surface area contributed by atoms with Crippen LogP contribution in [0.2, 0.25) is 0 Å². The van der Waals surface area contributed by atoms with E-state index in [1.165, 1.54) is 0 Å². The predicted molar refractivity (Wildman–Crippen MR) is 81.1 cm³/mol. The number of aliphatic hydroxyl groups is 1. The molecule has 1 fully saturated rings. The lowest BCUT2D eigenvalue weighted by Gasteiger charge is -2.34. The summed E-state index contributed by atoms with van der Waals surface area (Å²) in [6, 6.07) is 7.14. The van der Waals surface area contributed by atoms with Crippen molar-refractivity contribution in [3.63, 3.8) is 0 Å². The molecule has 0 atom stereocenters. The Morgan fingerprint density at radius 3 is 2.43 bits per heavy atom. The van der Waals surface area contributed by atoms with Gasteiger partial charge < -0.3 is 15.3 Å². The third kappa shape index (κ3) is 3.82. The van der Waals surface area contributed by atoms with Crippen molar-refractivity contribution in [3.05, 3.63) is 29.8 Å². The van der Waals surface area contributed by atoms with Crippen molar-refractivity contribution in [3.8, 4) is 0 Å². The Balaban J connectivity index is 1.97. The lowest BCUT2D eigenvalue weighted by molar-refractivity contribution is -0.105. The Labute approximate surface area is 125 Å². The molecular formula is C16H22N2O3. The highest BCUT2D eigenvalue weighted by Gasteiger charge is 2.26. The lowest BCUT2D eigenvalue weighted by atomic mass is 9.86. The van der Waals surface area contributed by atoms with Gasteiger partial charge in [-0.2, -0.15) is 0 Å². The zero-order chi connectivity index (χ0) is 15.2. The highest BCUT2D eigenvalue weighted by atomic mass is 16.3. The van der Waals surface area contributed by atoms with Gasteiger partial charge in [0.25, 0.3) is 5.91 Å². The number of carbonyl (C=O) groups is 2. The predicted octanol–water partition coefficient (Wildman–Crippen LogP) is 1.88. The molecule has 1 saturated carbocycles. The van der Waals surface area contributed by atoms with Gasteiger partial charge in [0, 0.05) is 30.9 Å². The zero-order valence-corrected chi connectivity index (χ0v) is 12.3. The molecule has 1 aliphatic rings. The molecule has 21 heavy (non-hydrogen) atoms. The molecule has 0 bridgehead atoms. The number of anilines is 1. The Morgan fingerprint density at radius 2 is 1.90 bits per heavy atom. The van der Waals surface area contributed by atoms with Gasteiger partial charge in [-0.1, -0.05) is 0 Å². The second-order valence-electron chi connectivity index (χ2n) is 5.61. The highest BCUT2D eigenvalue weighted by molar-refractivity contribution is 5.94. The third-order valence-corrected chi connectivity index (χ3v) is 4.30. The standard InChI is InChI=1S/C16H22N2O3/c1-18(15-8-2-12(10-19)3-9-15)16(21)13-4-6-14(7-5-13)17-11-20/h4-7,11-12,15,19H,2-3,8-10H2,1H3,(H,17,20). The topological polar surface area (TPSA) is 69.6 Å². The molecule has 2 rings (SSSR count). The van der Waals surface area contributed by atoms with Crippen LogP contribution in [0.5, 0.6) is 0 Å². The summed E-state index contributed by atoms with van der Waals surface area (Å²) >= 11 is 0. The van der Waals surface area contributed by atoms with Crippen molar-refractivity contribution in [2.75, 3.05) is 19.0 Å². The fraction of sp³-hybridized carbons (Fsp3) is 0.500. The van der Waals surface area contributed by atoms with Gasteiger partial charge in [-0.15, -0.1) is 0 Å². The van der Waals surface area contributed by atoms with Crippen molar-refractivity contribution >= 4 is 18.0 Å². The maximum absolute atomic E-state index is 12.5. The normalized spacial score (nSPS) is 21.6. The van der Waals surface area contributed by atoms with Crippen LogP contribution in [0, 0.1) is 5.92 Å². The first-order chi connectivity index (χ1) is 10.2. The number of benzene rings is 1. The molecule has 1 aromatic rings. The van der Waals surface area contributed by atoms with Crippen LogP contribution in [0.25, 0.3) is 0 Å². The smallest absolute Gasteiger partial charge is 0.253 e. The molecule has 0 heterocycles. The molecule has 0 radical (unpaired) electrons. The van der Waals surface area contributed by atoms with Gasteiger partial charge in [-0.05, 0) is 55.9 Å². The summed E-state index contributed by atoms with van der Waals surface area (Å²) in [6.45, 7) is 0.246. The van der Waals surface area contributed by atoms with Gasteiger partial charge in [0.05, 0.1) is 0 Å². The van der Waals surface area contributed by atoms with Crippen molar-refractivity contribution in [1.82, 2.24) is 4.90 Å². The molecule has 0 saturated heterocycles. The summed E-state index contributed by atoms with van der Waals surface area (Å²) < 4.78 is 0. The van der Waals surface area contributed by atoms with Crippen LogP contribution in [-0.4, -0.2) is 42.0 Å². The summed E-state index contributed by atoms with van der Waals surface area (Å²) in [5.41, 5.74) is 1.30. The van der Waals surface area contributed by atoms with Crippen molar-refractivity contribution < 1.29 is 14.7 Å². The van der Waals surface area contributed by atoms with Crippen LogP contribution in [0.15, 0.2) is 24.3 Å². The van der Waals surface area contributed by atoms with E-state index in [0.29, 0.717) is 23.6 Å². The van der Waals surface area contributed by atoms with E-state index in [0.717, 1.165) is 25.7 Å². The average molecular weight is 290 g/mol. The van der Waals surface area contributed by atoms with Gasteiger partial charge in [0.2, 0.25) is 6.41 Å². The summed E-state index contributed by atoms with van der Waals surface area (Å²) in [6.07, 6.45) is 4.45. The van der Waals surface area contributed by atoms with E-state index < -0.39 is 0 Å². The number of carbonyl (C=O) groups excluding carboxylic acids is 2. The molecule has 0 spiro atoms. The summed E-state index contributed by atoms with van der Waals surface area (Å²) in [7, 11) is 1.84. The molecular weight excluding hydrogens is 268 g/mol. The van der Waals surface area contributed by atoms with Crippen LogP contribution in [0.3, 0.4) is 0 Å². The minimum Gasteiger partial charge on any atom is -0.396 e. The molecule has 1 aromatic carbocycles. The number of amides is 2. The minimum atomic E-state index is 0.0000940. The van der Waals surface area contributed by atoms with Crippen molar-refractivity contribution in [1.29, 1.82) is 0 Å². The van der Waals surface area contributed by atoms with Crippen molar-refractivity contribution in [2.45, 2.75) is 31.7 Å². The van der Waals surface area contributed by atoms with Crippen molar-refractivity contribution in [2.24, 2.45) is 5.92 Å². The largest absolute Gasteiger partial charge is 0.396 e. The molecule has 0 aliphatic heterocycles. The number of hydrogen-bond acceptors (Lipinski definition) is 3. The van der Waals surface area contributed by atoms with E-state index in [2.05, 4.69) is 5.32 Å². The highest BCUT2D eigenvalue weighted by Crippen LogP contribution is 2.27.